The molecule has 122 valence electrons. The molecule has 0 bridgehead atoms. The Morgan fingerprint density at radius 3 is 2.65 bits per heavy atom. The van der Waals surface area contributed by atoms with E-state index >= 15 is 0 Å². The Hall–Kier alpha value is -2.08. The van der Waals surface area contributed by atoms with E-state index in [9.17, 15) is 13.2 Å². The molecule has 1 N–H and O–H groups in total. The van der Waals surface area contributed by atoms with Crippen LogP contribution in [0.2, 0.25) is 0 Å². The number of carbonyl (C=O) groups excluding carboxylic acids is 1. The van der Waals surface area contributed by atoms with Gasteiger partial charge in [0.05, 0.1) is 18.1 Å². The summed E-state index contributed by atoms with van der Waals surface area (Å²) in [6.07, 6.45) is 0.528. The normalized spacial score (nSPS) is 19.6. The Labute approximate surface area is 136 Å². The zero-order chi connectivity index (χ0) is 16.4. The second-order valence-corrected chi connectivity index (χ2v) is 8.21. The Bertz CT molecular complexity index is 833. The molecule has 0 aliphatic carbocycles. The van der Waals surface area contributed by atoms with Gasteiger partial charge in [-0.15, -0.1) is 0 Å². The van der Waals surface area contributed by atoms with E-state index in [4.69, 9.17) is 0 Å². The zero-order valence-corrected chi connectivity index (χ0v) is 13.8. The minimum absolute atomic E-state index is 0.0746. The fourth-order valence-electron chi connectivity index (χ4n) is 2.89. The van der Waals surface area contributed by atoms with E-state index in [1.807, 2.05) is 42.5 Å². The van der Waals surface area contributed by atoms with Crippen molar-refractivity contribution in [3.05, 3.63) is 42.5 Å². The minimum atomic E-state index is -2.98. The van der Waals surface area contributed by atoms with Crippen LogP contribution >= 0.6 is 0 Å². The number of likely N-dealkylation sites (N-methyl/N-ethyl adjacent to an activating group) is 1. The van der Waals surface area contributed by atoms with E-state index in [1.54, 1.807) is 11.9 Å². The van der Waals surface area contributed by atoms with Crippen LogP contribution in [0.3, 0.4) is 0 Å². The molecule has 1 heterocycles. The quantitative estimate of drug-likeness (QED) is 0.929. The van der Waals surface area contributed by atoms with Crippen molar-refractivity contribution < 1.29 is 13.2 Å². The molecule has 3 rings (SSSR count). The molecule has 0 saturated carbocycles. The maximum absolute atomic E-state index is 12.2. The standard InChI is InChI=1S/C17H20N2O3S/c1-19(16-8-9-23(21,22)12-16)17(20)11-18-15-7-6-13-4-2-3-5-14(13)10-15/h2-7,10,16,18H,8-9,11-12H2,1H3/t16-/m0/s1. The van der Waals surface area contributed by atoms with E-state index in [0.717, 1.165) is 16.5 Å². The highest BCUT2D eigenvalue weighted by atomic mass is 32.2. The smallest absolute Gasteiger partial charge is 0.241 e. The largest absolute Gasteiger partial charge is 0.376 e. The second kappa shape index (κ2) is 6.20. The lowest BCUT2D eigenvalue weighted by Gasteiger charge is -2.23. The Morgan fingerprint density at radius 2 is 1.96 bits per heavy atom. The van der Waals surface area contributed by atoms with Crippen molar-refractivity contribution in [3.63, 3.8) is 0 Å². The summed E-state index contributed by atoms with van der Waals surface area (Å²) in [5.74, 6) is 0.152. The zero-order valence-electron chi connectivity index (χ0n) is 13.0. The van der Waals surface area contributed by atoms with E-state index < -0.39 is 9.84 Å². The van der Waals surface area contributed by atoms with Gasteiger partial charge in [-0.1, -0.05) is 30.3 Å². The first-order chi connectivity index (χ1) is 10.9. The Balaban J connectivity index is 1.61. The van der Waals surface area contributed by atoms with Crippen LogP contribution in [0.5, 0.6) is 0 Å². The molecule has 0 unspecified atom stereocenters. The lowest BCUT2D eigenvalue weighted by Crippen LogP contribution is -2.40. The van der Waals surface area contributed by atoms with Gasteiger partial charge in [0.25, 0.3) is 0 Å². The number of anilines is 1. The number of nitrogens with one attached hydrogen (secondary N) is 1. The van der Waals surface area contributed by atoms with Crippen molar-refractivity contribution >= 4 is 32.2 Å². The van der Waals surface area contributed by atoms with Crippen molar-refractivity contribution in [1.82, 2.24) is 4.90 Å². The number of hydrogen-bond donors (Lipinski definition) is 1. The van der Waals surface area contributed by atoms with Gasteiger partial charge < -0.3 is 10.2 Å². The number of nitrogens with zero attached hydrogens (tertiary/aromatic N) is 1. The number of rotatable bonds is 4. The third kappa shape index (κ3) is 3.64. The number of fused-ring (bicyclic) bond motifs is 1. The highest BCUT2D eigenvalue weighted by Crippen LogP contribution is 2.19. The maximum atomic E-state index is 12.2. The van der Waals surface area contributed by atoms with Gasteiger partial charge in [0.1, 0.15) is 0 Å². The van der Waals surface area contributed by atoms with Crippen LogP contribution in [0.4, 0.5) is 5.69 Å². The van der Waals surface area contributed by atoms with Crippen molar-refractivity contribution in [2.24, 2.45) is 0 Å². The van der Waals surface area contributed by atoms with Crippen molar-refractivity contribution in [3.8, 4) is 0 Å². The lowest BCUT2D eigenvalue weighted by atomic mass is 10.1. The molecule has 5 nitrogen and oxygen atoms in total. The minimum Gasteiger partial charge on any atom is -0.376 e. The molecule has 2 aromatic rings. The van der Waals surface area contributed by atoms with Crippen LogP contribution in [-0.4, -0.2) is 50.4 Å². The van der Waals surface area contributed by atoms with E-state index in [1.165, 1.54) is 0 Å². The number of hydrogen-bond acceptors (Lipinski definition) is 4. The van der Waals surface area contributed by atoms with Gasteiger partial charge in [0.15, 0.2) is 9.84 Å². The van der Waals surface area contributed by atoms with Gasteiger partial charge in [-0.05, 0) is 29.3 Å². The molecule has 1 atom stereocenters. The van der Waals surface area contributed by atoms with E-state index in [-0.39, 0.29) is 30.0 Å². The van der Waals surface area contributed by atoms with Crippen molar-refractivity contribution in [1.29, 1.82) is 0 Å². The predicted molar refractivity (Wildman–Crippen MR) is 92.3 cm³/mol. The van der Waals surface area contributed by atoms with Gasteiger partial charge in [0, 0.05) is 18.8 Å². The summed E-state index contributed by atoms with van der Waals surface area (Å²) in [6, 6.07) is 13.8. The molecule has 1 amide bonds. The molecule has 0 aromatic heterocycles. The maximum Gasteiger partial charge on any atom is 0.241 e. The number of sulfone groups is 1. The predicted octanol–water partition coefficient (Wildman–Crippen LogP) is 1.90. The molecule has 6 heteroatoms. The summed E-state index contributed by atoms with van der Waals surface area (Å²) in [7, 11) is -1.30. The summed E-state index contributed by atoms with van der Waals surface area (Å²) >= 11 is 0. The first kappa shape index (κ1) is 15.8. The third-order valence-electron chi connectivity index (χ3n) is 4.34. The summed E-state index contributed by atoms with van der Waals surface area (Å²) in [6.45, 7) is 0.158. The molecule has 23 heavy (non-hydrogen) atoms. The molecule has 1 saturated heterocycles. The average molecular weight is 332 g/mol. The first-order valence-corrected chi connectivity index (χ1v) is 9.45. The van der Waals surface area contributed by atoms with E-state index in [0.29, 0.717) is 6.42 Å². The van der Waals surface area contributed by atoms with Crippen molar-refractivity contribution in [2.75, 3.05) is 30.4 Å². The summed E-state index contributed by atoms with van der Waals surface area (Å²) in [4.78, 5) is 13.8. The molecule has 1 aliphatic heterocycles. The van der Waals surface area contributed by atoms with Crippen molar-refractivity contribution in [2.45, 2.75) is 12.5 Å². The van der Waals surface area contributed by atoms with Crippen LogP contribution in [0.1, 0.15) is 6.42 Å². The van der Waals surface area contributed by atoms with E-state index in [2.05, 4.69) is 5.32 Å². The van der Waals surface area contributed by atoms with Gasteiger partial charge in [-0.2, -0.15) is 0 Å². The van der Waals surface area contributed by atoms with Gasteiger partial charge >= 0.3 is 0 Å². The van der Waals surface area contributed by atoms with Gasteiger partial charge in [-0.3, -0.25) is 4.79 Å². The molecular weight excluding hydrogens is 312 g/mol. The molecular formula is C17H20N2O3S. The molecule has 1 aliphatic rings. The molecule has 0 radical (unpaired) electrons. The molecule has 1 fully saturated rings. The molecule has 0 spiro atoms. The number of carbonyl (C=O) groups is 1. The number of amides is 1. The van der Waals surface area contributed by atoms with Gasteiger partial charge in [-0.25, -0.2) is 8.42 Å². The SMILES string of the molecule is CN(C(=O)CNc1ccc2ccccc2c1)[C@H]1CCS(=O)(=O)C1. The first-order valence-electron chi connectivity index (χ1n) is 7.63. The third-order valence-corrected chi connectivity index (χ3v) is 6.09. The lowest BCUT2D eigenvalue weighted by molar-refractivity contribution is -0.129. The second-order valence-electron chi connectivity index (χ2n) is 5.98. The molecule has 2 aromatic carbocycles. The Morgan fingerprint density at radius 1 is 1.22 bits per heavy atom. The van der Waals surface area contributed by atoms with Crippen LogP contribution in [-0.2, 0) is 14.6 Å². The van der Waals surface area contributed by atoms with Crippen LogP contribution in [0, 0.1) is 0 Å². The van der Waals surface area contributed by atoms with Crippen LogP contribution in [0.25, 0.3) is 10.8 Å². The summed E-state index contributed by atoms with van der Waals surface area (Å²) < 4.78 is 23.0. The summed E-state index contributed by atoms with van der Waals surface area (Å²) in [5.41, 5.74) is 0.879. The van der Waals surface area contributed by atoms with Gasteiger partial charge in [0.2, 0.25) is 5.91 Å². The Kier molecular flexibility index (Phi) is 4.26. The summed E-state index contributed by atoms with van der Waals surface area (Å²) in [5, 5.41) is 5.38. The van der Waals surface area contributed by atoms with Crippen LogP contribution in [0.15, 0.2) is 42.5 Å². The van der Waals surface area contributed by atoms with Crippen LogP contribution < -0.4 is 5.32 Å². The average Bonchev–Trinajstić information content (AvgIpc) is 2.91. The number of benzene rings is 2. The fraction of sp³-hybridized carbons (Fsp3) is 0.353. The fourth-order valence-corrected chi connectivity index (χ4v) is 4.66. The monoisotopic (exact) mass is 332 g/mol. The topological polar surface area (TPSA) is 66.5 Å². The highest BCUT2D eigenvalue weighted by molar-refractivity contribution is 7.91. The highest BCUT2D eigenvalue weighted by Gasteiger charge is 2.32.